The van der Waals surface area contributed by atoms with Gasteiger partial charge in [0.05, 0.1) is 5.52 Å². The molecule has 1 amide bonds. The molecule has 2 heterocycles. The number of para-hydroxylation sites is 1. The number of H-pyrrole nitrogens is 1. The Bertz CT molecular complexity index is 1040. The maximum Gasteiger partial charge on any atom is 0.242 e. The van der Waals surface area contributed by atoms with Crippen molar-refractivity contribution >= 4 is 16.9 Å². The Morgan fingerprint density at radius 3 is 2.69 bits per heavy atom. The second kappa shape index (κ2) is 6.75. The monoisotopic (exact) mass is 347 g/mol. The molecular formula is C18H17N7O. The van der Waals surface area contributed by atoms with Crippen molar-refractivity contribution in [2.24, 2.45) is 0 Å². The normalized spacial score (nSPS) is 12.2. The van der Waals surface area contributed by atoms with Gasteiger partial charge in [0.1, 0.15) is 23.9 Å². The zero-order chi connectivity index (χ0) is 17.9. The number of benzene rings is 2. The minimum Gasteiger partial charge on any atom is -0.340 e. The Labute approximate surface area is 149 Å². The molecule has 0 unspecified atom stereocenters. The number of amides is 1. The van der Waals surface area contributed by atoms with Crippen LogP contribution in [0.5, 0.6) is 0 Å². The SMILES string of the molecule is Cc1nc([C@H](NC(=O)Cn2nnc3ccccc32)c2ccccc2)n[nH]1. The third-order valence-corrected chi connectivity index (χ3v) is 4.02. The lowest BCUT2D eigenvalue weighted by atomic mass is 10.1. The molecule has 2 aromatic carbocycles. The number of carbonyl (C=O) groups excluding carboxylic acids is 1. The van der Waals surface area contributed by atoms with Gasteiger partial charge in [-0.15, -0.1) is 5.10 Å². The Hall–Kier alpha value is -3.55. The van der Waals surface area contributed by atoms with Crippen LogP contribution >= 0.6 is 0 Å². The smallest absolute Gasteiger partial charge is 0.242 e. The number of hydrogen-bond donors (Lipinski definition) is 2. The van der Waals surface area contributed by atoms with E-state index in [9.17, 15) is 4.79 Å². The Kier molecular flexibility index (Phi) is 4.14. The first-order valence-electron chi connectivity index (χ1n) is 8.22. The van der Waals surface area contributed by atoms with Crippen molar-refractivity contribution in [1.29, 1.82) is 0 Å². The number of hydrogen-bond acceptors (Lipinski definition) is 5. The predicted molar refractivity (Wildman–Crippen MR) is 95.1 cm³/mol. The maximum absolute atomic E-state index is 12.7. The summed E-state index contributed by atoms with van der Waals surface area (Å²) >= 11 is 0. The van der Waals surface area contributed by atoms with Crippen LogP contribution < -0.4 is 5.32 Å². The average Bonchev–Trinajstić information content (AvgIpc) is 3.27. The first kappa shape index (κ1) is 15.9. The first-order valence-corrected chi connectivity index (χ1v) is 8.22. The molecule has 8 heteroatoms. The molecule has 0 saturated carbocycles. The lowest BCUT2D eigenvalue weighted by Crippen LogP contribution is -2.33. The molecule has 4 aromatic rings. The van der Waals surface area contributed by atoms with Gasteiger partial charge in [0.2, 0.25) is 5.91 Å². The molecule has 130 valence electrons. The van der Waals surface area contributed by atoms with Crippen molar-refractivity contribution < 1.29 is 4.79 Å². The summed E-state index contributed by atoms with van der Waals surface area (Å²) in [5.41, 5.74) is 2.47. The van der Waals surface area contributed by atoms with Gasteiger partial charge in [-0.2, -0.15) is 5.10 Å². The number of nitrogens with one attached hydrogen (secondary N) is 2. The van der Waals surface area contributed by atoms with Gasteiger partial charge in [-0.05, 0) is 24.6 Å². The molecule has 0 fully saturated rings. The van der Waals surface area contributed by atoms with Crippen LogP contribution in [0.2, 0.25) is 0 Å². The third-order valence-electron chi connectivity index (χ3n) is 4.02. The summed E-state index contributed by atoms with van der Waals surface area (Å²) in [5.74, 6) is 1.01. The van der Waals surface area contributed by atoms with Gasteiger partial charge in [-0.3, -0.25) is 9.89 Å². The van der Waals surface area contributed by atoms with Gasteiger partial charge in [0.15, 0.2) is 5.82 Å². The van der Waals surface area contributed by atoms with Crippen molar-refractivity contribution in [3.8, 4) is 0 Å². The first-order chi connectivity index (χ1) is 12.7. The lowest BCUT2D eigenvalue weighted by molar-refractivity contribution is -0.122. The summed E-state index contributed by atoms with van der Waals surface area (Å²) in [6.07, 6.45) is 0. The van der Waals surface area contributed by atoms with Gasteiger partial charge in [0, 0.05) is 0 Å². The predicted octanol–water partition coefficient (Wildman–Crippen LogP) is 1.76. The number of carbonyl (C=O) groups is 1. The number of rotatable bonds is 5. The number of nitrogens with zero attached hydrogens (tertiary/aromatic N) is 5. The molecule has 8 nitrogen and oxygen atoms in total. The van der Waals surface area contributed by atoms with E-state index >= 15 is 0 Å². The molecule has 2 aromatic heterocycles. The molecule has 4 rings (SSSR count). The van der Waals surface area contributed by atoms with Gasteiger partial charge in [0.25, 0.3) is 0 Å². The van der Waals surface area contributed by atoms with Crippen LogP contribution in [0.4, 0.5) is 0 Å². The molecule has 0 spiro atoms. The Balaban J connectivity index is 1.58. The summed E-state index contributed by atoms with van der Waals surface area (Å²) < 4.78 is 1.58. The van der Waals surface area contributed by atoms with Crippen LogP contribution in [-0.4, -0.2) is 36.1 Å². The summed E-state index contributed by atoms with van der Waals surface area (Å²) in [5, 5.41) is 18.2. The molecule has 0 saturated heterocycles. The van der Waals surface area contributed by atoms with E-state index in [1.807, 2.05) is 61.5 Å². The summed E-state index contributed by atoms with van der Waals surface area (Å²) in [4.78, 5) is 17.0. The Morgan fingerprint density at radius 1 is 1.15 bits per heavy atom. The molecule has 0 aliphatic rings. The van der Waals surface area contributed by atoms with Crippen LogP contribution in [-0.2, 0) is 11.3 Å². The highest BCUT2D eigenvalue weighted by Gasteiger charge is 2.21. The van der Waals surface area contributed by atoms with E-state index in [4.69, 9.17) is 0 Å². The molecule has 2 N–H and O–H groups in total. The molecule has 0 aliphatic heterocycles. The van der Waals surface area contributed by atoms with E-state index in [0.717, 1.165) is 16.6 Å². The fraction of sp³-hybridized carbons (Fsp3) is 0.167. The number of aryl methyl sites for hydroxylation is 1. The molecule has 0 aliphatic carbocycles. The van der Waals surface area contributed by atoms with Crippen LogP contribution in [0.25, 0.3) is 11.0 Å². The third kappa shape index (κ3) is 3.16. The fourth-order valence-electron chi connectivity index (χ4n) is 2.81. The molecule has 26 heavy (non-hydrogen) atoms. The molecule has 0 radical (unpaired) electrons. The number of aromatic nitrogens is 6. The molecule has 0 bridgehead atoms. The highest BCUT2D eigenvalue weighted by molar-refractivity contribution is 5.80. The van der Waals surface area contributed by atoms with Crippen molar-refractivity contribution in [2.45, 2.75) is 19.5 Å². The summed E-state index contributed by atoms with van der Waals surface area (Å²) in [6.45, 7) is 1.88. The summed E-state index contributed by atoms with van der Waals surface area (Å²) in [7, 11) is 0. The van der Waals surface area contributed by atoms with Gasteiger partial charge >= 0.3 is 0 Å². The van der Waals surface area contributed by atoms with E-state index in [0.29, 0.717) is 11.6 Å². The highest BCUT2D eigenvalue weighted by atomic mass is 16.2. The number of aromatic amines is 1. The average molecular weight is 347 g/mol. The van der Waals surface area contributed by atoms with E-state index in [1.165, 1.54) is 0 Å². The number of fused-ring (bicyclic) bond motifs is 1. The van der Waals surface area contributed by atoms with Crippen molar-refractivity contribution in [1.82, 2.24) is 35.5 Å². The molecule has 1 atom stereocenters. The van der Waals surface area contributed by atoms with Crippen LogP contribution in [0.1, 0.15) is 23.3 Å². The van der Waals surface area contributed by atoms with E-state index < -0.39 is 6.04 Å². The van der Waals surface area contributed by atoms with Gasteiger partial charge < -0.3 is 5.32 Å². The van der Waals surface area contributed by atoms with E-state index in [-0.39, 0.29) is 12.5 Å². The van der Waals surface area contributed by atoms with Crippen LogP contribution in [0.15, 0.2) is 54.6 Å². The molecular weight excluding hydrogens is 330 g/mol. The van der Waals surface area contributed by atoms with Crippen LogP contribution in [0, 0.1) is 6.92 Å². The quantitative estimate of drug-likeness (QED) is 0.573. The minimum absolute atomic E-state index is 0.0627. The Morgan fingerprint density at radius 2 is 1.92 bits per heavy atom. The largest absolute Gasteiger partial charge is 0.340 e. The second-order valence-corrected chi connectivity index (χ2v) is 5.93. The zero-order valence-corrected chi connectivity index (χ0v) is 14.1. The van der Waals surface area contributed by atoms with E-state index in [1.54, 1.807) is 4.68 Å². The topological polar surface area (TPSA) is 101 Å². The standard InChI is InChI=1S/C18H17N7O/c1-12-19-18(23-21-12)17(13-7-3-2-4-8-13)20-16(26)11-25-15-10-6-5-9-14(15)22-24-25/h2-10,17H,11H2,1H3,(H,20,26)(H,19,21,23)/t17-/m1/s1. The van der Waals surface area contributed by atoms with Gasteiger partial charge in [-0.25, -0.2) is 9.67 Å². The minimum atomic E-state index is -0.441. The highest BCUT2D eigenvalue weighted by Crippen LogP contribution is 2.19. The van der Waals surface area contributed by atoms with Crippen molar-refractivity contribution in [2.75, 3.05) is 0 Å². The van der Waals surface area contributed by atoms with Crippen LogP contribution in [0.3, 0.4) is 0 Å². The van der Waals surface area contributed by atoms with E-state index in [2.05, 4.69) is 30.8 Å². The summed E-state index contributed by atoms with van der Waals surface area (Å²) in [6, 6.07) is 16.7. The van der Waals surface area contributed by atoms with Gasteiger partial charge in [-0.1, -0.05) is 47.7 Å². The zero-order valence-electron chi connectivity index (χ0n) is 14.1. The maximum atomic E-state index is 12.7. The second-order valence-electron chi connectivity index (χ2n) is 5.93. The van der Waals surface area contributed by atoms with Crippen molar-refractivity contribution in [3.05, 3.63) is 71.8 Å². The fourth-order valence-corrected chi connectivity index (χ4v) is 2.81. The van der Waals surface area contributed by atoms with Crippen molar-refractivity contribution in [3.63, 3.8) is 0 Å². The lowest BCUT2D eigenvalue weighted by Gasteiger charge is -2.16.